The third kappa shape index (κ3) is 4.77. The molecule has 1 saturated heterocycles. The van der Waals surface area contributed by atoms with Gasteiger partial charge in [0, 0.05) is 48.3 Å². The molecule has 0 saturated carbocycles. The van der Waals surface area contributed by atoms with Gasteiger partial charge in [-0.15, -0.1) is 0 Å². The highest BCUT2D eigenvalue weighted by Gasteiger charge is 2.21. The highest BCUT2D eigenvalue weighted by molar-refractivity contribution is 7.77. The van der Waals surface area contributed by atoms with Crippen molar-refractivity contribution in [3.63, 3.8) is 0 Å². The summed E-state index contributed by atoms with van der Waals surface area (Å²) in [4.78, 5) is 16.1. The van der Waals surface area contributed by atoms with Crippen LogP contribution in [-0.4, -0.2) is 47.9 Å². The summed E-state index contributed by atoms with van der Waals surface area (Å²) in [6.45, 7) is 2.29. The zero-order valence-corrected chi connectivity index (χ0v) is 19.3. The van der Waals surface area contributed by atoms with Crippen molar-refractivity contribution >= 4 is 39.7 Å². The molecule has 0 spiro atoms. The number of hydrogen-bond donors (Lipinski definition) is 2. The molecule has 33 heavy (non-hydrogen) atoms. The Morgan fingerprint density at radius 3 is 2.58 bits per heavy atom. The number of hydrogen-bond acceptors (Lipinski definition) is 5. The zero-order valence-electron chi connectivity index (χ0n) is 17.8. The maximum absolute atomic E-state index is 10.8. The van der Waals surface area contributed by atoms with Crippen LogP contribution in [-0.2, 0) is 11.3 Å². The second-order valence-corrected chi connectivity index (χ2v) is 9.27. The number of benzene rings is 1. The molecule has 1 atom stereocenters. The summed E-state index contributed by atoms with van der Waals surface area (Å²) in [6.07, 6.45) is 7.32. The van der Waals surface area contributed by atoms with E-state index in [9.17, 15) is 4.21 Å². The second-order valence-electron chi connectivity index (χ2n) is 8.04. The monoisotopic (exact) mass is 482 g/mol. The minimum Gasteiger partial charge on any atom is -0.357 e. The summed E-state index contributed by atoms with van der Waals surface area (Å²) in [6, 6.07) is 13.6. The molecule has 4 heterocycles. The summed E-state index contributed by atoms with van der Waals surface area (Å²) >= 11 is 4.15. The molecule has 10 heteroatoms. The van der Waals surface area contributed by atoms with Gasteiger partial charge < -0.3 is 4.90 Å². The predicted molar refractivity (Wildman–Crippen MR) is 131 cm³/mol. The number of halogens is 1. The molecule has 0 amide bonds. The summed E-state index contributed by atoms with van der Waals surface area (Å²) in [5.74, 6) is 2.11. The molecule has 1 aliphatic heterocycles. The van der Waals surface area contributed by atoms with E-state index in [1.54, 1.807) is 6.20 Å². The Morgan fingerprint density at radius 1 is 1.09 bits per heavy atom. The molecule has 1 aromatic carbocycles. The molecule has 1 aliphatic rings. The minimum atomic E-state index is -1.95. The molecule has 1 fully saturated rings. The van der Waals surface area contributed by atoms with Crippen LogP contribution in [0.2, 0.25) is 5.02 Å². The Labute approximate surface area is 199 Å². The van der Waals surface area contributed by atoms with Gasteiger partial charge >= 0.3 is 0 Å². The van der Waals surface area contributed by atoms with Crippen molar-refractivity contribution in [3.05, 3.63) is 66.1 Å². The molecule has 3 aromatic heterocycles. The van der Waals surface area contributed by atoms with Crippen LogP contribution in [0.1, 0.15) is 12.8 Å². The lowest BCUT2D eigenvalue weighted by Gasteiger charge is -2.32. The van der Waals surface area contributed by atoms with Crippen molar-refractivity contribution < 1.29 is 8.76 Å². The lowest BCUT2D eigenvalue weighted by Crippen LogP contribution is -2.37. The first-order chi connectivity index (χ1) is 16.1. The van der Waals surface area contributed by atoms with Gasteiger partial charge in [-0.25, -0.2) is 18.9 Å². The van der Waals surface area contributed by atoms with E-state index in [1.165, 1.54) is 0 Å². The molecule has 8 nitrogen and oxygen atoms in total. The largest absolute Gasteiger partial charge is 0.357 e. The number of anilines is 1. The van der Waals surface area contributed by atoms with Crippen molar-refractivity contribution in [3.8, 4) is 17.1 Å². The molecule has 2 N–H and O–H groups in total. The normalized spacial score (nSPS) is 15.8. The average Bonchev–Trinajstić information content (AvgIpc) is 3.23. The van der Waals surface area contributed by atoms with Gasteiger partial charge in [-0.1, -0.05) is 11.6 Å². The molecule has 0 bridgehead atoms. The Kier molecular flexibility index (Phi) is 6.37. The van der Waals surface area contributed by atoms with Crippen LogP contribution >= 0.6 is 11.6 Å². The highest BCUT2D eigenvalue weighted by atomic mass is 35.5. The van der Waals surface area contributed by atoms with Gasteiger partial charge in [0.25, 0.3) is 0 Å². The number of rotatable bonds is 6. The lowest BCUT2D eigenvalue weighted by atomic mass is 9.97. The van der Waals surface area contributed by atoms with Gasteiger partial charge in [0.1, 0.15) is 11.6 Å². The van der Waals surface area contributed by atoms with Gasteiger partial charge in [-0.2, -0.15) is 0 Å². The summed E-state index contributed by atoms with van der Waals surface area (Å²) < 4.78 is 24.4. The molecule has 5 rings (SSSR count). The number of pyridine rings is 2. The lowest BCUT2D eigenvalue weighted by molar-refractivity contribution is 0.399. The van der Waals surface area contributed by atoms with Gasteiger partial charge in [-0.05, 0) is 61.2 Å². The van der Waals surface area contributed by atoms with Crippen molar-refractivity contribution in [2.45, 2.75) is 12.8 Å². The van der Waals surface area contributed by atoms with E-state index in [2.05, 4.69) is 19.2 Å². The maximum atomic E-state index is 10.8. The van der Waals surface area contributed by atoms with Crippen LogP contribution in [0.3, 0.4) is 0 Å². The van der Waals surface area contributed by atoms with E-state index >= 15 is 0 Å². The standard InChI is InChI=1S/C23H23ClN6O2S/c24-18-2-4-19(5-3-18)30-21-15-25-10-7-20(21)28-23(30)17-1-6-22(26-14-17)29-11-8-16(9-12-29)13-27-33(31)32/h1-7,10,14-16,27H,8-9,11-13H2,(H,31,32). The van der Waals surface area contributed by atoms with Gasteiger partial charge in [-0.3, -0.25) is 14.1 Å². The second kappa shape index (κ2) is 9.56. The predicted octanol–water partition coefficient (Wildman–Crippen LogP) is 4.08. The molecule has 4 aromatic rings. The average molecular weight is 483 g/mol. The maximum Gasteiger partial charge on any atom is 0.231 e. The van der Waals surface area contributed by atoms with E-state index in [1.807, 2.05) is 54.9 Å². The first-order valence-corrected chi connectivity index (χ1v) is 12.2. The fourth-order valence-electron chi connectivity index (χ4n) is 4.23. The molecular weight excluding hydrogens is 460 g/mol. The fourth-order valence-corrected chi connectivity index (χ4v) is 4.73. The summed E-state index contributed by atoms with van der Waals surface area (Å²) in [5.41, 5.74) is 3.64. The van der Waals surface area contributed by atoms with Gasteiger partial charge in [0.2, 0.25) is 11.3 Å². The summed E-state index contributed by atoms with van der Waals surface area (Å²) in [5, 5.41) is 0.679. The van der Waals surface area contributed by atoms with Crippen LogP contribution in [0.25, 0.3) is 28.1 Å². The minimum absolute atomic E-state index is 0.393. The molecular formula is C23H23ClN6O2S. The topological polar surface area (TPSA) is 96.2 Å². The number of aromatic nitrogens is 4. The Balaban J connectivity index is 1.40. The van der Waals surface area contributed by atoms with E-state index in [-0.39, 0.29) is 0 Å². The van der Waals surface area contributed by atoms with E-state index in [0.717, 1.165) is 59.9 Å². The first kappa shape index (κ1) is 22.0. The number of nitrogens with one attached hydrogen (secondary N) is 1. The number of piperidine rings is 1. The van der Waals surface area contributed by atoms with Gasteiger partial charge in [0.15, 0.2) is 0 Å². The van der Waals surface area contributed by atoms with Crippen molar-refractivity contribution in [2.75, 3.05) is 24.5 Å². The number of fused-ring (bicyclic) bond motifs is 1. The Morgan fingerprint density at radius 2 is 1.88 bits per heavy atom. The third-order valence-corrected chi connectivity index (χ3v) is 6.65. The van der Waals surface area contributed by atoms with Gasteiger partial charge in [0.05, 0.1) is 17.2 Å². The van der Waals surface area contributed by atoms with Crippen LogP contribution < -0.4 is 9.62 Å². The van der Waals surface area contributed by atoms with Crippen molar-refractivity contribution in [1.82, 2.24) is 24.2 Å². The van der Waals surface area contributed by atoms with Crippen molar-refractivity contribution in [1.29, 1.82) is 0 Å². The van der Waals surface area contributed by atoms with E-state index < -0.39 is 11.3 Å². The van der Waals surface area contributed by atoms with E-state index in [4.69, 9.17) is 26.1 Å². The van der Waals surface area contributed by atoms with Crippen molar-refractivity contribution in [2.24, 2.45) is 5.92 Å². The molecule has 0 aliphatic carbocycles. The van der Waals surface area contributed by atoms with Crippen LogP contribution in [0.5, 0.6) is 0 Å². The SMILES string of the molecule is O=S(O)NCC1CCN(c2ccc(-c3nc4ccncc4n3-c3ccc(Cl)cc3)cn2)CC1. The number of nitrogens with zero attached hydrogens (tertiary/aromatic N) is 5. The van der Waals surface area contributed by atoms with Crippen LogP contribution in [0.15, 0.2) is 61.1 Å². The van der Waals surface area contributed by atoms with Crippen LogP contribution in [0, 0.1) is 5.92 Å². The Hall–Kier alpha value is -2.85. The van der Waals surface area contributed by atoms with E-state index in [0.29, 0.717) is 17.5 Å². The smallest absolute Gasteiger partial charge is 0.231 e. The third-order valence-electron chi connectivity index (χ3n) is 5.98. The fraction of sp³-hybridized carbons (Fsp3) is 0.261. The quantitative estimate of drug-likeness (QED) is 0.402. The summed E-state index contributed by atoms with van der Waals surface area (Å²) in [7, 11) is 0. The first-order valence-electron chi connectivity index (χ1n) is 10.7. The van der Waals surface area contributed by atoms with Crippen LogP contribution in [0.4, 0.5) is 5.82 Å². The molecule has 170 valence electrons. The highest BCUT2D eigenvalue weighted by Crippen LogP contribution is 2.30. The molecule has 0 radical (unpaired) electrons. The Bertz CT molecular complexity index is 1270. The zero-order chi connectivity index (χ0) is 22.8. The number of imidazole rings is 1. The molecule has 1 unspecified atom stereocenters.